The van der Waals surface area contributed by atoms with E-state index in [1.807, 2.05) is 0 Å². The molecule has 0 radical (unpaired) electrons. The van der Waals surface area contributed by atoms with E-state index in [1.54, 1.807) is 0 Å². The summed E-state index contributed by atoms with van der Waals surface area (Å²) in [6, 6.07) is 0.852. The van der Waals surface area contributed by atoms with Crippen molar-refractivity contribution in [1.29, 1.82) is 0 Å². The summed E-state index contributed by atoms with van der Waals surface area (Å²) in [6.45, 7) is 6.92. The van der Waals surface area contributed by atoms with Gasteiger partial charge in [-0.3, -0.25) is 4.90 Å². The van der Waals surface area contributed by atoms with Crippen molar-refractivity contribution in [1.82, 2.24) is 4.90 Å². The molecule has 2 heteroatoms. The van der Waals surface area contributed by atoms with Crippen molar-refractivity contribution in [3.63, 3.8) is 0 Å². The maximum Gasteiger partial charge on any atom is 0.0196 e. The third-order valence-electron chi connectivity index (χ3n) is 4.76. The second-order valence-electron chi connectivity index (χ2n) is 5.86. The fraction of sp³-hybridized carbons (Fsp3) is 1.00. The van der Waals surface area contributed by atoms with Gasteiger partial charge in [0.25, 0.3) is 0 Å². The molecule has 1 unspecified atom stereocenters. The third kappa shape index (κ3) is 2.07. The Morgan fingerprint density at radius 1 is 1.13 bits per heavy atom. The fourth-order valence-electron chi connectivity index (χ4n) is 3.62. The van der Waals surface area contributed by atoms with Crippen molar-refractivity contribution in [3.05, 3.63) is 0 Å². The van der Waals surface area contributed by atoms with Gasteiger partial charge in [-0.1, -0.05) is 19.3 Å². The van der Waals surface area contributed by atoms with Gasteiger partial charge in [0.1, 0.15) is 0 Å². The van der Waals surface area contributed by atoms with Crippen molar-refractivity contribution in [2.45, 2.75) is 64.0 Å². The van der Waals surface area contributed by atoms with Crippen LogP contribution in [0, 0.1) is 5.92 Å². The maximum atomic E-state index is 5.87. The van der Waals surface area contributed by atoms with Gasteiger partial charge in [0, 0.05) is 11.6 Å². The Morgan fingerprint density at radius 3 is 2.33 bits per heavy atom. The van der Waals surface area contributed by atoms with Crippen LogP contribution in [0.2, 0.25) is 0 Å². The average Bonchev–Trinajstić information content (AvgIpc) is 2.54. The van der Waals surface area contributed by atoms with Gasteiger partial charge in [0.05, 0.1) is 0 Å². The van der Waals surface area contributed by atoms with Crippen LogP contribution in [0.1, 0.15) is 52.4 Å². The Hall–Kier alpha value is -0.0800. The van der Waals surface area contributed by atoms with E-state index in [9.17, 15) is 0 Å². The molecule has 0 aromatic carbocycles. The van der Waals surface area contributed by atoms with E-state index >= 15 is 0 Å². The minimum atomic E-state index is 0.344. The van der Waals surface area contributed by atoms with E-state index < -0.39 is 0 Å². The lowest BCUT2D eigenvalue weighted by Gasteiger charge is -2.42. The first-order chi connectivity index (χ1) is 7.16. The molecule has 0 spiro atoms. The molecule has 1 aliphatic heterocycles. The number of hydrogen-bond acceptors (Lipinski definition) is 2. The van der Waals surface area contributed by atoms with Crippen LogP contribution < -0.4 is 5.73 Å². The summed E-state index contributed by atoms with van der Waals surface area (Å²) in [5, 5.41) is 0. The van der Waals surface area contributed by atoms with Crippen molar-refractivity contribution < 1.29 is 0 Å². The standard InChI is InChI=1S/C13H26N2/c1-13(2)11(10-14)8-9-15(13)12-6-4-3-5-7-12/h11-12H,3-10,14H2,1-2H3. The normalized spacial score (nSPS) is 33.4. The number of likely N-dealkylation sites (tertiary alicyclic amines) is 1. The zero-order valence-electron chi connectivity index (χ0n) is 10.3. The van der Waals surface area contributed by atoms with Crippen molar-refractivity contribution >= 4 is 0 Å². The summed E-state index contributed by atoms with van der Waals surface area (Å²) in [4.78, 5) is 2.75. The topological polar surface area (TPSA) is 29.3 Å². The zero-order chi connectivity index (χ0) is 10.9. The summed E-state index contributed by atoms with van der Waals surface area (Å²) in [5.74, 6) is 0.708. The molecule has 1 atom stereocenters. The Labute approximate surface area is 94.2 Å². The van der Waals surface area contributed by atoms with Crippen LogP contribution in [0.15, 0.2) is 0 Å². The molecule has 2 aliphatic rings. The Kier molecular flexibility index (Phi) is 3.36. The van der Waals surface area contributed by atoms with E-state index in [1.165, 1.54) is 45.1 Å². The van der Waals surface area contributed by atoms with Crippen molar-refractivity contribution in [2.24, 2.45) is 11.7 Å². The minimum absolute atomic E-state index is 0.344. The lowest BCUT2D eigenvalue weighted by molar-refractivity contribution is 0.0694. The first-order valence-corrected chi connectivity index (χ1v) is 6.63. The first kappa shape index (κ1) is 11.4. The minimum Gasteiger partial charge on any atom is -0.330 e. The SMILES string of the molecule is CC1(C)C(CN)CCN1C1CCCCC1. The second-order valence-corrected chi connectivity index (χ2v) is 5.86. The molecule has 2 rings (SSSR count). The smallest absolute Gasteiger partial charge is 0.0196 e. The lowest BCUT2D eigenvalue weighted by Crippen LogP contribution is -2.50. The molecule has 0 aromatic rings. The molecule has 1 aliphatic carbocycles. The van der Waals surface area contributed by atoms with Gasteiger partial charge in [0.2, 0.25) is 0 Å². The highest BCUT2D eigenvalue weighted by Gasteiger charge is 2.43. The third-order valence-corrected chi connectivity index (χ3v) is 4.76. The van der Waals surface area contributed by atoms with Crippen LogP contribution in [0.3, 0.4) is 0 Å². The monoisotopic (exact) mass is 210 g/mol. The van der Waals surface area contributed by atoms with E-state index in [-0.39, 0.29) is 0 Å². The van der Waals surface area contributed by atoms with Crippen LogP contribution in [0.4, 0.5) is 0 Å². The molecule has 1 heterocycles. The molecule has 0 aromatic heterocycles. The largest absolute Gasteiger partial charge is 0.330 e. The molecule has 0 amide bonds. The zero-order valence-corrected chi connectivity index (χ0v) is 10.3. The number of nitrogens with zero attached hydrogens (tertiary/aromatic N) is 1. The first-order valence-electron chi connectivity index (χ1n) is 6.63. The summed E-state index contributed by atoms with van der Waals surface area (Å²) in [6.07, 6.45) is 8.46. The summed E-state index contributed by atoms with van der Waals surface area (Å²) < 4.78 is 0. The van der Waals surface area contributed by atoms with Gasteiger partial charge in [0.15, 0.2) is 0 Å². The molecule has 15 heavy (non-hydrogen) atoms. The van der Waals surface area contributed by atoms with Crippen molar-refractivity contribution in [2.75, 3.05) is 13.1 Å². The van der Waals surface area contributed by atoms with Gasteiger partial charge in [-0.05, 0) is 52.1 Å². The number of hydrogen-bond donors (Lipinski definition) is 1. The van der Waals surface area contributed by atoms with Gasteiger partial charge < -0.3 is 5.73 Å². The van der Waals surface area contributed by atoms with Crippen molar-refractivity contribution in [3.8, 4) is 0 Å². The van der Waals surface area contributed by atoms with Crippen LogP contribution in [-0.2, 0) is 0 Å². The molecule has 2 N–H and O–H groups in total. The van der Waals surface area contributed by atoms with Crippen LogP contribution in [-0.4, -0.2) is 29.6 Å². The predicted molar refractivity (Wildman–Crippen MR) is 64.8 cm³/mol. The van der Waals surface area contributed by atoms with Gasteiger partial charge >= 0.3 is 0 Å². The van der Waals surface area contributed by atoms with Crippen LogP contribution in [0.5, 0.6) is 0 Å². The molecular weight excluding hydrogens is 184 g/mol. The Morgan fingerprint density at radius 2 is 1.80 bits per heavy atom. The van der Waals surface area contributed by atoms with E-state index in [0.717, 1.165) is 12.6 Å². The van der Waals surface area contributed by atoms with E-state index in [0.29, 0.717) is 11.5 Å². The predicted octanol–water partition coefficient (Wildman–Crippen LogP) is 2.38. The van der Waals surface area contributed by atoms with Gasteiger partial charge in [-0.15, -0.1) is 0 Å². The molecule has 1 saturated carbocycles. The highest BCUT2D eigenvalue weighted by Crippen LogP contribution is 2.38. The Balaban J connectivity index is 2.03. The van der Waals surface area contributed by atoms with Gasteiger partial charge in [-0.25, -0.2) is 0 Å². The van der Waals surface area contributed by atoms with Crippen LogP contribution in [0.25, 0.3) is 0 Å². The lowest BCUT2D eigenvalue weighted by atomic mass is 9.86. The molecule has 1 saturated heterocycles. The molecule has 0 bridgehead atoms. The van der Waals surface area contributed by atoms with Crippen LogP contribution >= 0.6 is 0 Å². The second kappa shape index (κ2) is 4.42. The van der Waals surface area contributed by atoms with E-state index in [2.05, 4.69) is 18.7 Å². The fourth-order valence-corrected chi connectivity index (χ4v) is 3.62. The summed E-state index contributed by atoms with van der Waals surface area (Å²) in [5.41, 5.74) is 6.22. The highest BCUT2D eigenvalue weighted by molar-refractivity contribution is 4.98. The molecule has 2 nitrogen and oxygen atoms in total. The molecule has 88 valence electrons. The maximum absolute atomic E-state index is 5.87. The quantitative estimate of drug-likeness (QED) is 0.758. The Bertz CT molecular complexity index is 207. The summed E-state index contributed by atoms with van der Waals surface area (Å²) in [7, 11) is 0. The highest BCUT2D eigenvalue weighted by atomic mass is 15.2. The number of nitrogens with two attached hydrogens (primary N) is 1. The van der Waals surface area contributed by atoms with Gasteiger partial charge in [-0.2, -0.15) is 0 Å². The average molecular weight is 210 g/mol. The van der Waals surface area contributed by atoms with E-state index in [4.69, 9.17) is 5.73 Å². The summed E-state index contributed by atoms with van der Waals surface area (Å²) >= 11 is 0. The molecule has 2 fully saturated rings. The number of rotatable bonds is 2. The molecular formula is C13H26N2.